The fourth-order valence-corrected chi connectivity index (χ4v) is 3.69. The van der Waals surface area contributed by atoms with Crippen molar-refractivity contribution in [1.29, 1.82) is 0 Å². The van der Waals surface area contributed by atoms with E-state index in [9.17, 15) is 0 Å². The Balaban J connectivity index is 0.00000272. The van der Waals surface area contributed by atoms with Gasteiger partial charge in [0.1, 0.15) is 5.82 Å². The molecule has 0 radical (unpaired) electrons. The van der Waals surface area contributed by atoms with Gasteiger partial charge in [0.25, 0.3) is 0 Å². The standard InChI is InChI=1S/C21H25ClN8.HI/c1-2-23-21(26-14-16-6-10-24-19(13-16)30-11-4-9-27-30)28-17-7-12-29(15-17)20-18(22)5-3-8-25-20;/h3-6,8-11,13,17H,2,7,12,14-15H2,1H3,(H2,23,26,28);1H. The van der Waals surface area contributed by atoms with E-state index < -0.39 is 0 Å². The van der Waals surface area contributed by atoms with Crippen LogP contribution in [0, 0.1) is 0 Å². The van der Waals surface area contributed by atoms with Gasteiger partial charge in [0, 0.05) is 50.5 Å². The molecule has 4 heterocycles. The first-order valence-corrected chi connectivity index (χ1v) is 10.5. The Morgan fingerprint density at radius 1 is 1.23 bits per heavy atom. The third-order valence-electron chi connectivity index (χ3n) is 4.88. The average molecular weight is 553 g/mol. The molecule has 8 nitrogen and oxygen atoms in total. The summed E-state index contributed by atoms with van der Waals surface area (Å²) >= 11 is 6.30. The van der Waals surface area contributed by atoms with Crippen LogP contribution in [-0.2, 0) is 6.54 Å². The van der Waals surface area contributed by atoms with Gasteiger partial charge in [-0.3, -0.25) is 0 Å². The Morgan fingerprint density at radius 3 is 2.90 bits per heavy atom. The summed E-state index contributed by atoms with van der Waals surface area (Å²) in [5.41, 5.74) is 1.07. The third kappa shape index (κ3) is 6.07. The number of aliphatic imine (C=N–C) groups is 1. The fraction of sp³-hybridized carbons (Fsp3) is 0.333. The molecule has 0 amide bonds. The molecule has 4 rings (SSSR count). The number of guanidine groups is 1. The van der Waals surface area contributed by atoms with Crippen molar-refractivity contribution >= 4 is 47.4 Å². The molecule has 164 valence electrons. The van der Waals surface area contributed by atoms with Crippen molar-refractivity contribution in [3.05, 3.63) is 65.7 Å². The van der Waals surface area contributed by atoms with Gasteiger partial charge in [-0.2, -0.15) is 5.10 Å². The molecule has 1 fully saturated rings. The van der Waals surface area contributed by atoms with Gasteiger partial charge in [-0.05, 0) is 49.2 Å². The number of hydrogen-bond acceptors (Lipinski definition) is 5. The molecule has 1 unspecified atom stereocenters. The van der Waals surface area contributed by atoms with E-state index >= 15 is 0 Å². The molecular formula is C21H26ClIN8. The van der Waals surface area contributed by atoms with Crippen LogP contribution in [0.1, 0.15) is 18.9 Å². The van der Waals surface area contributed by atoms with E-state index in [2.05, 4.69) is 37.5 Å². The first-order chi connectivity index (χ1) is 14.7. The SMILES string of the molecule is CCNC(=NCc1ccnc(-n2cccn2)c1)NC1CCN(c2ncccc2Cl)C1.I. The lowest BCUT2D eigenvalue weighted by Crippen LogP contribution is -2.44. The number of pyridine rings is 2. The van der Waals surface area contributed by atoms with E-state index in [1.165, 1.54) is 0 Å². The van der Waals surface area contributed by atoms with Crippen LogP contribution in [0.5, 0.6) is 0 Å². The number of aromatic nitrogens is 4. The van der Waals surface area contributed by atoms with Gasteiger partial charge in [-0.25, -0.2) is 19.6 Å². The minimum absolute atomic E-state index is 0. The molecule has 3 aromatic rings. The predicted octanol–water partition coefficient (Wildman–Crippen LogP) is 3.27. The molecule has 1 aliphatic heterocycles. The van der Waals surface area contributed by atoms with Crippen LogP contribution in [-0.4, -0.2) is 51.4 Å². The lowest BCUT2D eigenvalue weighted by molar-refractivity contribution is 0.648. The monoisotopic (exact) mass is 552 g/mol. The smallest absolute Gasteiger partial charge is 0.191 e. The second-order valence-electron chi connectivity index (χ2n) is 7.05. The molecule has 31 heavy (non-hydrogen) atoms. The zero-order valence-corrected chi connectivity index (χ0v) is 20.4. The molecule has 1 saturated heterocycles. The van der Waals surface area contributed by atoms with E-state index in [4.69, 9.17) is 16.6 Å². The highest BCUT2D eigenvalue weighted by Crippen LogP contribution is 2.25. The second kappa shape index (κ2) is 11.3. The first kappa shape index (κ1) is 23.3. The normalized spacial score (nSPS) is 16.1. The molecular weight excluding hydrogens is 527 g/mol. The Kier molecular flexibility index (Phi) is 8.47. The lowest BCUT2D eigenvalue weighted by atomic mass is 10.2. The summed E-state index contributed by atoms with van der Waals surface area (Å²) in [6.45, 7) is 5.15. The molecule has 0 saturated carbocycles. The van der Waals surface area contributed by atoms with Gasteiger partial charge in [0.15, 0.2) is 11.8 Å². The molecule has 3 aromatic heterocycles. The van der Waals surface area contributed by atoms with Gasteiger partial charge in [-0.1, -0.05) is 11.6 Å². The number of anilines is 1. The number of nitrogens with zero attached hydrogens (tertiary/aromatic N) is 6. The topological polar surface area (TPSA) is 83.3 Å². The average Bonchev–Trinajstić information content (AvgIpc) is 3.45. The van der Waals surface area contributed by atoms with Gasteiger partial charge in [0.05, 0.1) is 11.6 Å². The molecule has 0 aromatic carbocycles. The predicted molar refractivity (Wildman–Crippen MR) is 135 cm³/mol. The maximum Gasteiger partial charge on any atom is 0.191 e. The van der Waals surface area contributed by atoms with Gasteiger partial charge < -0.3 is 15.5 Å². The third-order valence-corrected chi connectivity index (χ3v) is 5.18. The summed E-state index contributed by atoms with van der Waals surface area (Å²) in [6, 6.07) is 9.86. The maximum atomic E-state index is 6.30. The zero-order valence-electron chi connectivity index (χ0n) is 17.3. The number of hydrogen-bond donors (Lipinski definition) is 2. The van der Waals surface area contributed by atoms with Gasteiger partial charge in [0.2, 0.25) is 0 Å². The van der Waals surface area contributed by atoms with Crippen LogP contribution in [0.25, 0.3) is 5.82 Å². The van der Waals surface area contributed by atoms with Crippen LogP contribution in [0.4, 0.5) is 5.82 Å². The Labute approximate surface area is 204 Å². The van der Waals surface area contributed by atoms with Gasteiger partial charge in [-0.15, -0.1) is 24.0 Å². The van der Waals surface area contributed by atoms with Crippen molar-refractivity contribution < 1.29 is 0 Å². The van der Waals surface area contributed by atoms with Crippen molar-refractivity contribution in [2.24, 2.45) is 4.99 Å². The number of nitrogens with one attached hydrogen (secondary N) is 2. The van der Waals surface area contributed by atoms with Crippen molar-refractivity contribution in [2.75, 3.05) is 24.5 Å². The van der Waals surface area contributed by atoms with E-state index in [1.807, 2.05) is 36.5 Å². The quantitative estimate of drug-likeness (QED) is 0.278. The first-order valence-electron chi connectivity index (χ1n) is 10.1. The highest BCUT2D eigenvalue weighted by atomic mass is 127. The van der Waals surface area contributed by atoms with E-state index in [0.29, 0.717) is 11.6 Å². The Hall–Kier alpha value is -2.40. The Morgan fingerprint density at radius 2 is 2.13 bits per heavy atom. The summed E-state index contributed by atoms with van der Waals surface area (Å²) in [4.78, 5) is 15.8. The summed E-state index contributed by atoms with van der Waals surface area (Å²) < 4.78 is 1.74. The van der Waals surface area contributed by atoms with Crippen LogP contribution >= 0.6 is 35.6 Å². The second-order valence-corrected chi connectivity index (χ2v) is 7.46. The van der Waals surface area contributed by atoms with E-state index in [-0.39, 0.29) is 30.0 Å². The largest absolute Gasteiger partial charge is 0.357 e. The van der Waals surface area contributed by atoms with Crippen LogP contribution in [0.2, 0.25) is 5.02 Å². The summed E-state index contributed by atoms with van der Waals surface area (Å²) in [5, 5.41) is 11.8. The minimum Gasteiger partial charge on any atom is -0.357 e. The molecule has 0 aliphatic carbocycles. The minimum atomic E-state index is 0. The highest BCUT2D eigenvalue weighted by molar-refractivity contribution is 14.0. The van der Waals surface area contributed by atoms with Gasteiger partial charge >= 0.3 is 0 Å². The molecule has 2 N–H and O–H groups in total. The van der Waals surface area contributed by atoms with Crippen molar-refractivity contribution in [2.45, 2.75) is 25.9 Å². The molecule has 0 spiro atoms. The lowest BCUT2D eigenvalue weighted by Gasteiger charge is -2.20. The maximum absolute atomic E-state index is 6.30. The van der Waals surface area contributed by atoms with Crippen LogP contribution in [0.15, 0.2) is 60.1 Å². The summed E-state index contributed by atoms with van der Waals surface area (Å²) in [7, 11) is 0. The van der Waals surface area contributed by atoms with Crippen LogP contribution < -0.4 is 15.5 Å². The Bertz CT molecular complexity index is 995. The summed E-state index contributed by atoms with van der Waals surface area (Å²) in [6.07, 6.45) is 8.17. The zero-order chi connectivity index (χ0) is 20.8. The van der Waals surface area contributed by atoms with Crippen molar-refractivity contribution in [1.82, 2.24) is 30.4 Å². The van der Waals surface area contributed by atoms with E-state index in [1.54, 1.807) is 23.3 Å². The molecule has 1 aliphatic rings. The summed E-state index contributed by atoms with van der Waals surface area (Å²) in [5.74, 6) is 2.42. The number of halogens is 2. The molecule has 10 heteroatoms. The molecule has 1 atom stereocenters. The van der Waals surface area contributed by atoms with Crippen LogP contribution in [0.3, 0.4) is 0 Å². The highest BCUT2D eigenvalue weighted by Gasteiger charge is 2.25. The molecule has 0 bridgehead atoms. The van der Waals surface area contributed by atoms with Crippen molar-refractivity contribution in [3.8, 4) is 5.82 Å². The van der Waals surface area contributed by atoms with E-state index in [0.717, 1.165) is 49.2 Å². The van der Waals surface area contributed by atoms with Crippen molar-refractivity contribution in [3.63, 3.8) is 0 Å². The number of rotatable bonds is 6. The fourth-order valence-electron chi connectivity index (χ4n) is 3.45.